The summed E-state index contributed by atoms with van der Waals surface area (Å²) in [6, 6.07) is 4.16. The van der Waals surface area contributed by atoms with Crippen molar-refractivity contribution in [1.29, 1.82) is 0 Å². The SMILES string of the molecule is CCc1cc(C)cc(C)c1-n1cnc(NC)nc1=O. The molecule has 0 amide bonds. The van der Waals surface area contributed by atoms with Crippen molar-refractivity contribution in [1.82, 2.24) is 14.5 Å². The molecule has 0 saturated carbocycles. The second-order valence-electron chi connectivity index (χ2n) is 4.53. The summed E-state index contributed by atoms with van der Waals surface area (Å²) in [5.74, 6) is 0.337. The lowest BCUT2D eigenvalue weighted by Crippen LogP contribution is -2.24. The summed E-state index contributed by atoms with van der Waals surface area (Å²) in [6.07, 6.45) is 2.38. The summed E-state index contributed by atoms with van der Waals surface area (Å²) in [4.78, 5) is 20.1. The minimum absolute atomic E-state index is 0.319. The minimum atomic E-state index is -0.319. The Labute approximate surface area is 112 Å². The first-order chi connectivity index (χ1) is 9.06. The summed E-state index contributed by atoms with van der Waals surface area (Å²) < 4.78 is 1.51. The fourth-order valence-corrected chi connectivity index (χ4v) is 2.27. The number of rotatable bonds is 3. The predicted octanol–water partition coefficient (Wildman–Crippen LogP) is 1.85. The first-order valence-electron chi connectivity index (χ1n) is 6.30. The average molecular weight is 258 g/mol. The van der Waals surface area contributed by atoms with Gasteiger partial charge in [-0.25, -0.2) is 9.78 Å². The molecular weight excluding hydrogens is 240 g/mol. The van der Waals surface area contributed by atoms with Crippen molar-refractivity contribution in [2.75, 3.05) is 12.4 Å². The molecule has 0 saturated heterocycles. The van der Waals surface area contributed by atoms with Crippen molar-refractivity contribution in [3.8, 4) is 5.69 Å². The normalized spacial score (nSPS) is 10.5. The third kappa shape index (κ3) is 2.50. The van der Waals surface area contributed by atoms with E-state index in [1.165, 1.54) is 16.5 Å². The van der Waals surface area contributed by atoms with E-state index in [1.54, 1.807) is 7.05 Å². The maximum atomic E-state index is 12.1. The quantitative estimate of drug-likeness (QED) is 0.912. The van der Waals surface area contributed by atoms with Gasteiger partial charge < -0.3 is 5.32 Å². The third-order valence-electron chi connectivity index (χ3n) is 3.07. The maximum absolute atomic E-state index is 12.1. The van der Waals surface area contributed by atoms with Crippen LogP contribution >= 0.6 is 0 Å². The number of benzene rings is 1. The Morgan fingerprint density at radius 2 is 2.05 bits per heavy atom. The van der Waals surface area contributed by atoms with Crippen LogP contribution in [0, 0.1) is 13.8 Å². The van der Waals surface area contributed by atoms with Crippen molar-refractivity contribution in [3.63, 3.8) is 0 Å². The van der Waals surface area contributed by atoms with Gasteiger partial charge in [0.25, 0.3) is 0 Å². The van der Waals surface area contributed by atoms with E-state index in [0.717, 1.165) is 23.2 Å². The molecule has 1 aromatic heterocycles. The minimum Gasteiger partial charge on any atom is -0.357 e. The van der Waals surface area contributed by atoms with Gasteiger partial charge in [0.2, 0.25) is 5.95 Å². The topological polar surface area (TPSA) is 59.8 Å². The average Bonchev–Trinajstić information content (AvgIpc) is 2.38. The van der Waals surface area contributed by atoms with Crippen molar-refractivity contribution in [2.24, 2.45) is 0 Å². The maximum Gasteiger partial charge on any atom is 0.356 e. The van der Waals surface area contributed by atoms with Crippen molar-refractivity contribution < 1.29 is 0 Å². The Hall–Kier alpha value is -2.17. The number of nitrogens with zero attached hydrogens (tertiary/aromatic N) is 3. The third-order valence-corrected chi connectivity index (χ3v) is 3.07. The van der Waals surface area contributed by atoms with Gasteiger partial charge in [0.15, 0.2) is 0 Å². The van der Waals surface area contributed by atoms with Crippen LogP contribution in [0.3, 0.4) is 0 Å². The van der Waals surface area contributed by atoms with Crippen LogP contribution in [0.5, 0.6) is 0 Å². The van der Waals surface area contributed by atoms with Gasteiger partial charge >= 0.3 is 5.69 Å². The largest absolute Gasteiger partial charge is 0.357 e. The van der Waals surface area contributed by atoms with E-state index >= 15 is 0 Å². The number of hydrogen-bond donors (Lipinski definition) is 1. The molecule has 1 heterocycles. The molecule has 0 fully saturated rings. The predicted molar refractivity (Wildman–Crippen MR) is 76.0 cm³/mol. The highest BCUT2D eigenvalue weighted by molar-refractivity contribution is 5.49. The number of aryl methyl sites for hydroxylation is 3. The lowest BCUT2D eigenvalue weighted by Gasteiger charge is -2.14. The molecule has 0 aliphatic carbocycles. The molecule has 0 aliphatic rings. The van der Waals surface area contributed by atoms with Crippen LogP contribution in [0.25, 0.3) is 5.69 Å². The molecule has 100 valence electrons. The van der Waals surface area contributed by atoms with Gasteiger partial charge in [-0.1, -0.05) is 24.6 Å². The number of hydrogen-bond acceptors (Lipinski definition) is 4. The lowest BCUT2D eigenvalue weighted by molar-refractivity contribution is 0.843. The molecule has 2 rings (SSSR count). The standard InChI is InChI=1S/C14H18N4O/c1-5-11-7-9(2)6-10(3)12(11)18-8-16-13(15-4)17-14(18)19/h6-8H,5H2,1-4H3,(H,15,17,19). The van der Waals surface area contributed by atoms with E-state index in [1.807, 2.05) is 6.92 Å². The van der Waals surface area contributed by atoms with Crippen molar-refractivity contribution in [3.05, 3.63) is 45.6 Å². The molecule has 19 heavy (non-hydrogen) atoms. The number of aromatic nitrogens is 3. The number of nitrogens with one attached hydrogen (secondary N) is 1. The van der Waals surface area contributed by atoms with Crippen LogP contribution < -0.4 is 11.0 Å². The van der Waals surface area contributed by atoms with E-state index in [2.05, 4.69) is 41.3 Å². The summed E-state index contributed by atoms with van der Waals surface area (Å²) in [5, 5.41) is 2.76. The van der Waals surface area contributed by atoms with E-state index in [4.69, 9.17) is 0 Å². The van der Waals surface area contributed by atoms with Gasteiger partial charge in [-0.3, -0.25) is 4.57 Å². The Morgan fingerprint density at radius 3 is 2.63 bits per heavy atom. The van der Waals surface area contributed by atoms with E-state index in [-0.39, 0.29) is 5.69 Å². The molecule has 0 atom stereocenters. The summed E-state index contributed by atoms with van der Waals surface area (Å²) in [7, 11) is 1.69. The number of anilines is 1. The molecular formula is C14H18N4O. The van der Waals surface area contributed by atoms with Crippen LogP contribution in [-0.2, 0) is 6.42 Å². The van der Waals surface area contributed by atoms with E-state index in [0.29, 0.717) is 5.95 Å². The van der Waals surface area contributed by atoms with Crippen LogP contribution in [0.1, 0.15) is 23.6 Å². The first kappa shape index (κ1) is 13.3. The molecule has 0 bridgehead atoms. The molecule has 1 aromatic carbocycles. The Kier molecular flexibility index (Phi) is 3.64. The zero-order chi connectivity index (χ0) is 14.0. The molecule has 5 heteroatoms. The van der Waals surface area contributed by atoms with Crippen LogP contribution in [0.2, 0.25) is 0 Å². The Morgan fingerprint density at radius 1 is 1.32 bits per heavy atom. The highest BCUT2D eigenvalue weighted by atomic mass is 16.1. The van der Waals surface area contributed by atoms with Crippen LogP contribution in [0.15, 0.2) is 23.3 Å². The zero-order valence-corrected chi connectivity index (χ0v) is 11.7. The van der Waals surface area contributed by atoms with Crippen molar-refractivity contribution in [2.45, 2.75) is 27.2 Å². The van der Waals surface area contributed by atoms with Crippen LogP contribution in [-0.4, -0.2) is 21.6 Å². The monoisotopic (exact) mass is 258 g/mol. The molecule has 2 aromatic rings. The fourth-order valence-electron chi connectivity index (χ4n) is 2.27. The van der Waals surface area contributed by atoms with E-state index < -0.39 is 0 Å². The second-order valence-corrected chi connectivity index (χ2v) is 4.53. The van der Waals surface area contributed by atoms with Gasteiger partial charge in [-0.2, -0.15) is 4.98 Å². The van der Waals surface area contributed by atoms with Gasteiger partial charge in [0.1, 0.15) is 6.33 Å². The smallest absolute Gasteiger partial charge is 0.356 e. The highest BCUT2D eigenvalue weighted by Gasteiger charge is 2.11. The summed E-state index contributed by atoms with van der Waals surface area (Å²) in [6.45, 7) is 6.13. The molecule has 5 nitrogen and oxygen atoms in total. The highest BCUT2D eigenvalue weighted by Crippen LogP contribution is 2.20. The summed E-state index contributed by atoms with van der Waals surface area (Å²) in [5.41, 5.74) is 3.95. The van der Waals surface area contributed by atoms with Gasteiger partial charge in [-0.05, 0) is 31.4 Å². The molecule has 0 spiro atoms. The van der Waals surface area contributed by atoms with Crippen molar-refractivity contribution >= 4 is 5.95 Å². The van der Waals surface area contributed by atoms with Gasteiger partial charge in [-0.15, -0.1) is 0 Å². The zero-order valence-electron chi connectivity index (χ0n) is 11.7. The fraction of sp³-hybridized carbons (Fsp3) is 0.357. The second kappa shape index (κ2) is 5.22. The molecule has 0 aliphatic heterocycles. The Bertz CT molecular complexity index is 661. The van der Waals surface area contributed by atoms with Crippen LogP contribution in [0.4, 0.5) is 5.95 Å². The molecule has 0 radical (unpaired) electrons. The molecule has 0 unspecified atom stereocenters. The summed E-state index contributed by atoms with van der Waals surface area (Å²) >= 11 is 0. The van der Waals surface area contributed by atoms with Gasteiger partial charge in [0.05, 0.1) is 5.69 Å². The first-order valence-corrected chi connectivity index (χ1v) is 6.30. The van der Waals surface area contributed by atoms with Gasteiger partial charge in [0, 0.05) is 7.05 Å². The Balaban J connectivity index is 2.68. The lowest BCUT2D eigenvalue weighted by atomic mass is 10.0. The van der Waals surface area contributed by atoms with E-state index in [9.17, 15) is 4.79 Å². The molecule has 1 N–H and O–H groups in total.